The fourth-order valence-corrected chi connectivity index (χ4v) is 0.971. The summed E-state index contributed by atoms with van der Waals surface area (Å²) < 4.78 is 0. The highest BCUT2D eigenvalue weighted by atomic mass is 14.7. The Morgan fingerprint density at radius 3 is 2.29 bits per heavy atom. The molecule has 76 valence electrons. The van der Waals surface area contributed by atoms with Gasteiger partial charge in [0, 0.05) is 6.21 Å². The van der Waals surface area contributed by atoms with E-state index in [1.807, 2.05) is 6.21 Å². The number of aryl methyl sites for hydroxylation is 1. The van der Waals surface area contributed by atoms with Crippen molar-refractivity contribution in [3.05, 3.63) is 29.8 Å². The van der Waals surface area contributed by atoms with Gasteiger partial charge >= 0.3 is 0 Å². The van der Waals surface area contributed by atoms with Gasteiger partial charge in [-0.15, -0.1) is 0 Å². The van der Waals surface area contributed by atoms with E-state index in [2.05, 4.69) is 57.0 Å². The van der Waals surface area contributed by atoms with Crippen LogP contribution in [0.3, 0.4) is 0 Å². The summed E-state index contributed by atoms with van der Waals surface area (Å²) in [5.41, 5.74) is 2.51. The first-order valence-electron chi connectivity index (χ1n) is 5.15. The van der Waals surface area contributed by atoms with Gasteiger partial charge in [-0.3, -0.25) is 4.99 Å². The Labute approximate surface area is 86.9 Å². The predicted octanol–water partition coefficient (Wildman–Crippen LogP) is 4.13. The number of rotatable bonds is 3. The topological polar surface area (TPSA) is 12.4 Å². The van der Waals surface area contributed by atoms with Crippen LogP contribution in [0.15, 0.2) is 29.3 Å². The van der Waals surface area contributed by atoms with E-state index in [0.717, 1.165) is 12.1 Å². The molecule has 0 unspecified atom stereocenters. The van der Waals surface area contributed by atoms with Crippen molar-refractivity contribution in [2.24, 2.45) is 10.4 Å². The number of hydrogen-bond donors (Lipinski definition) is 0. The minimum absolute atomic E-state index is 0.199. The van der Waals surface area contributed by atoms with Gasteiger partial charge < -0.3 is 0 Å². The minimum Gasteiger partial charge on any atom is -0.261 e. The van der Waals surface area contributed by atoms with E-state index < -0.39 is 0 Å². The molecule has 1 rings (SSSR count). The van der Waals surface area contributed by atoms with Gasteiger partial charge in [-0.1, -0.05) is 38.5 Å². The summed E-state index contributed by atoms with van der Waals surface area (Å²) in [4.78, 5) is 4.46. The van der Waals surface area contributed by atoms with Crippen molar-refractivity contribution < 1.29 is 0 Å². The van der Waals surface area contributed by atoms with E-state index in [1.165, 1.54) is 5.56 Å². The van der Waals surface area contributed by atoms with Gasteiger partial charge in [0.25, 0.3) is 0 Å². The van der Waals surface area contributed by atoms with Gasteiger partial charge in [0.1, 0.15) is 0 Å². The monoisotopic (exact) mass is 189 g/mol. The summed E-state index contributed by atoms with van der Waals surface area (Å²) in [6.07, 6.45) is 3.15. The third kappa shape index (κ3) is 3.33. The molecule has 0 N–H and O–H groups in total. The molecular weight excluding hydrogens is 170 g/mol. The zero-order valence-electron chi connectivity index (χ0n) is 9.54. The molecule has 0 heterocycles. The third-order valence-electron chi connectivity index (χ3n) is 2.51. The molecule has 0 fully saturated rings. The summed E-state index contributed by atoms with van der Waals surface area (Å²) >= 11 is 0. The van der Waals surface area contributed by atoms with Crippen LogP contribution in [0.4, 0.5) is 5.69 Å². The zero-order chi connectivity index (χ0) is 10.6. The van der Waals surface area contributed by atoms with Gasteiger partial charge in [-0.05, 0) is 30.9 Å². The molecule has 0 spiro atoms. The first-order valence-corrected chi connectivity index (χ1v) is 5.15. The maximum Gasteiger partial charge on any atom is 0.0626 e. The van der Waals surface area contributed by atoms with Gasteiger partial charge in [0.2, 0.25) is 0 Å². The standard InChI is InChI=1S/C13H19N/c1-5-13(3,4)10-14-12-8-6-11(2)7-9-12/h6-10H,5H2,1-4H3. The van der Waals surface area contributed by atoms with E-state index in [4.69, 9.17) is 0 Å². The summed E-state index contributed by atoms with van der Waals surface area (Å²) in [7, 11) is 0. The average Bonchev–Trinajstić information content (AvgIpc) is 2.17. The summed E-state index contributed by atoms with van der Waals surface area (Å²) in [5.74, 6) is 0. The Hall–Kier alpha value is -1.11. The van der Waals surface area contributed by atoms with Crippen molar-refractivity contribution in [1.82, 2.24) is 0 Å². The first-order chi connectivity index (χ1) is 6.53. The van der Waals surface area contributed by atoms with E-state index in [1.54, 1.807) is 0 Å². The Morgan fingerprint density at radius 2 is 1.79 bits per heavy atom. The van der Waals surface area contributed by atoms with Crippen molar-refractivity contribution >= 4 is 11.9 Å². The van der Waals surface area contributed by atoms with Gasteiger partial charge in [-0.2, -0.15) is 0 Å². The Kier molecular flexibility index (Phi) is 3.45. The van der Waals surface area contributed by atoms with Crippen LogP contribution in [-0.4, -0.2) is 6.21 Å². The molecule has 1 aromatic carbocycles. The van der Waals surface area contributed by atoms with E-state index in [-0.39, 0.29) is 5.41 Å². The summed E-state index contributed by atoms with van der Waals surface area (Å²) in [6, 6.07) is 8.28. The largest absolute Gasteiger partial charge is 0.261 e. The van der Waals surface area contributed by atoms with Gasteiger partial charge in [0.05, 0.1) is 5.69 Å². The molecule has 0 radical (unpaired) electrons. The van der Waals surface area contributed by atoms with Crippen LogP contribution in [0.5, 0.6) is 0 Å². The Morgan fingerprint density at radius 1 is 1.21 bits per heavy atom. The lowest BCUT2D eigenvalue weighted by atomic mass is 9.92. The molecule has 0 aromatic heterocycles. The molecule has 0 aliphatic heterocycles. The molecule has 0 aliphatic rings. The molecule has 0 saturated carbocycles. The Balaban J connectivity index is 2.74. The number of benzene rings is 1. The van der Waals surface area contributed by atoms with Gasteiger partial charge in [0.15, 0.2) is 0 Å². The highest BCUT2D eigenvalue weighted by Gasteiger charge is 2.10. The van der Waals surface area contributed by atoms with E-state index in [0.29, 0.717) is 0 Å². The molecule has 1 heteroatoms. The Bertz CT molecular complexity index is 307. The molecular formula is C13H19N. The molecule has 1 nitrogen and oxygen atoms in total. The highest BCUT2D eigenvalue weighted by molar-refractivity contribution is 5.68. The smallest absolute Gasteiger partial charge is 0.0626 e. The van der Waals surface area contributed by atoms with E-state index in [9.17, 15) is 0 Å². The zero-order valence-corrected chi connectivity index (χ0v) is 9.54. The molecule has 0 saturated heterocycles. The number of hydrogen-bond acceptors (Lipinski definition) is 1. The SMILES string of the molecule is CCC(C)(C)C=Nc1ccc(C)cc1. The second-order valence-corrected chi connectivity index (χ2v) is 4.44. The maximum atomic E-state index is 4.46. The average molecular weight is 189 g/mol. The molecule has 1 aromatic rings. The van der Waals surface area contributed by atoms with E-state index >= 15 is 0 Å². The third-order valence-corrected chi connectivity index (χ3v) is 2.51. The van der Waals surface area contributed by atoms with Crippen LogP contribution in [0.25, 0.3) is 0 Å². The lowest BCUT2D eigenvalue weighted by molar-refractivity contribution is 0.516. The van der Waals surface area contributed by atoms with Crippen molar-refractivity contribution in [2.45, 2.75) is 34.1 Å². The van der Waals surface area contributed by atoms with Crippen molar-refractivity contribution in [3.63, 3.8) is 0 Å². The second-order valence-electron chi connectivity index (χ2n) is 4.44. The molecule has 0 bridgehead atoms. The van der Waals surface area contributed by atoms with Gasteiger partial charge in [-0.25, -0.2) is 0 Å². The predicted molar refractivity (Wildman–Crippen MR) is 63.4 cm³/mol. The highest BCUT2D eigenvalue weighted by Crippen LogP contribution is 2.19. The number of aliphatic imine (C=N–C) groups is 1. The fraction of sp³-hybridized carbons (Fsp3) is 0.462. The van der Waals surface area contributed by atoms with Crippen LogP contribution < -0.4 is 0 Å². The summed E-state index contributed by atoms with van der Waals surface area (Å²) in [5, 5.41) is 0. The molecule has 14 heavy (non-hydrogen) atoms. The minimum atomic E-state index is 0.199. The maximum absolute atomic E-state index is 4.46. The van der Waals surface area contributed by atoms with Crippen molar-refractivity contribution in [3.8, 4) is 0 Å². The molecule has 0 aliphatic carbocycles. The lowest BCUT2D eigenvalue weighted by Gasteiger charge is -2.15. The first kappa shape index (κ1) is 11.0. The van der Waals surface area contributed by atoms with Crippen molar-refractivity contribution in [1.29, 1.82) is 0 Å². The van der Waals surface area contributed by atoms with Crippen LogP contribution >= 0.6 is 0 Å². The molecule has 0 amide bonds. The van der Waals surface area contributed by atoms with Crippen LogP contribution in [0.2, 0.25) is 0 Å². The van der Waals surface area contributed by atoms with Crippen LogP contribution in [0.1, 0.15) is 32.8 Å². The lowest BCUT2D eigenvalue weighted by Crippen LogP contribution is -2.10. The van der Waals surface area contributed by atoms with Crippen molar-refractivity contribution in [2.75, 3.05) is 0 Å². The fourth-order valence-electron chi connectivity index (χ4n) is 0.971. The van der Waals surface area contributed by atoms with Crippen LogP contribution in [0, 0.1) is 12.3 Å². The quantitative estimate of drug-likeness (QED) is 0.634. The number of nitrogens with zero attached hydrogens (tertiary/aromatic N) is 1. The van der Waals surface area contributed by atoms with Crippen LogP contribution in [-0.2, 0) is 0 Å². The molecule has 0 atom stereocenters. The second kappa shape index (κ2) is 4.41. The normalized spacial score (nSPS) is 12.3. The summed E-state index contributed by atoms with van der Waals surface area (Å²) in [6.45, 7) is 8.67.